The van der Waals surface area contributed by atoms with E-state index in [4.69, 9.17) is 0 Å². The molecule has 0 radical (unpaired) electrons. The molecule has 3 nitrogen and oxygen atoms in total. The Bertz CT molecular complexity index is 750. The highest BCUT2D eigenvalue weighted by molar-refractivity contribution is 7.10. The number of hydrogen-bond donors (Lipinski definition) is 2. The molecule has 1 atom stereocenters. The second kappa shape index (κ2) is 6.10. The van der Waals surface area contributed by atoms with Crippen LogP contribution >= 0.6 is 11.3 Å². The van der Waals surface area contributed by atoms with E-state index in [2.05, 4.69) is 35.8 Å². The van der Waals surface area contributed by atoms with Crippen molar-refractivity contribution in [3.63, 3.8) is 0 Å². The number of carbonyl (C=O) groups excluding carboxylic acids is 1. The zero-order valence-corrected chi connectivity index (χ0v) is 14.3. The van der Waals surface area contributed by atoms with Crippen LogP contribution < -0.4 is 10.6 Å². The van der Waals surface area contributed by atoms with Crippen LogP contribution in [0.25, 0.3) is 0 Å². The number of fused-ring (bicyclic) bond motifs is 2. The average Bonchev–Trinajstić information content (AvgIpc) is 3.18. The first-order valence-corrected chi connectivity index (χ1v) is 9.27. The Kier molecular flexibility index (Phi) is 3.95. The first-order valence-electron chi connectivity index (χ1n) is 8.39. The fourth-order valence-electron chi connectivity index (χ4n) is 3.60. The van der Waals surface area contributed by atoms with E-state index in [-0.39, 0.29) is 5.91 Å². The Labute approximate surface area is 141 Å². The quantitative estimate of drug-likeness (QED) is 0.907. The fraction of sp³-hybridized carbons (Fsp3) is 0.421. The maximum Gasteiger partial charge on any atom is 0.252 e. The molecule has 1 aromatic carbocycles. The molecule has 2 N–H and O–H groups in total. The predicted molar refractivity (Wildman–Crippen MR) is 93.7 cm³/mol. The SMILES string of the molecule is CC1CCc2c(C(=O)NCc3ccc4c(c3)CNC4)csc2C1. The molecule has 0 spiro atoms. The van der Waals surface area contributed by atoms with Gasteiger partial charge in [0.15, 0.2) is 0 Å². The van der Waals surface area contributed by atoms with Gasteiger partial charge in [0.1, 0.15) is 0 Å². The second-order valence-corrected chi connectivity index (χ2v) is 7.75. The predicted octanol–water partition coefficient (Wildman–Crippen LogP) is 3.41. The third-order valence-electron chi connectivity index (χ3n) is 5.00. The minimum absolute atomic E-state index is 0.0793. The van der Waals surface area contributed by atoms with E-state index in [1.165, 1.54) is 33.6 Å². The summed E-state index contributed by atoms with van der Waals surface area (Å²) in [5, 5.41) is 8.50. The van der Waals surface area contributed by atoms with Gasteiger partial charge in [-0.2, -0.15) is 0 Å². The van der Waals surface area contributed by atoms with Crippen molar-refractivity contribution in [1.29, 1.82) is 0 Å². The monoisotopic (exact) mass is 326 g/mol. The van der Waals surface area contributed by atoms with Crippen LogP contribution in [0.1, 0.15) is 50.8 Å². The highest BCUT2D eigenvalue weighted by atomic mass is 32.1. The molecular formula is C19H22N2OS. The Morgan fingerprint density at radius 2 is 2.22 bits per heavy atom. The Hall–Kier alpha value is -1.65. The summed E-state index contributed by atoms with van der Waals surface area (Å²) >= 11 is 1.75. The highest BCUT2D eigenvalue weighted by Gasteiger charge is 2.23. The van der Waals surface area contributed by atoms with Gasteiger partial charge in [-0.1, -0.05) is 25.1 Å². The van der Waals surface area contributed by atoms with Crippen molar-refractivity contribution >= 4 is 17.2 Å². The minimum Gasteiger partial charge on any atom is -0.348 e. The van der Waals surface area contributed by atoms with Crippen LogP contribution in [0.5, 0.6) is 0 Å². The second-order valence-electron chi connectivity index (χ2n) is 6.79. The van der Waals surface area contributed by atoms with Crippen LogP contribution in [-0.2, 0) is 32.5 Å². The molecule has 23 heavy (non-hydrogen) atoms. The summed E-state index contributed by atoms with van der Waals surface area (Å²) in [4.78, 5) is 14.0. The summed E-state index contributed by atoms with van der Waals surface area (Å²) in [5.74, 6) is 0.827. The summed E-state index contributed by atoms with van der Waals surface area (Å²) < 4.78 is 0. The molecule has 1 aromatic heterocycles. The number of nitrogens with one attached hydrogen (secondary N) is 2. The van der Waals surface area contributed by atoms with Gasteiger partial charge >= 0.3 is 0 Å². The maximum absolute atomic E-state index is 12.5. The molecule has 0 bridgehead atoms. The number of benzene rings is 1. The van der Waals surface area contributed by atoms with E-state index in [1.807, 2.05) is 5.38 Å². The van der Waals surface area contributed by atoms with Crippen molar-refractivity contribution in [3.05, 3.63) is 56.3 Å². The van der Waals surface area contributed by atoms with E-state index in [1.54, 1.807) is 11.3 Å². The van der Waals surface area contributed by atoms with Gasteiger partial charge in [-0.15, -0.1) is 11.3 Å². The molecule has 2 aromatic rings. The van der Waals surface area contributed by atoms with E-state index in [0.29, 0.717) is 6.54 Å². The largest absolute Gasteiger partial charge is 0.348 e. The first-order chi connectivity index (χ1) is 11.2. The van der Waals surface area contributed by atoms with E-state index in [9.17, 15) is 4.79 Å². The van der Waals surface area contributed by atoms with Crippen LogP contribution in [0.3, 0.4) is 0 Å². The summed E-state index contributed by atoms with van der Waals surface area (Å²) in [6.45, 7) is 4.80. The van der Waals surface area contributed by atoms with Crippen LogP contribution in [0, 0.1) is 5.92 Å². The number of carbonyl (C=O) groups is 1. The number of amides is 1. The molecule has 1 amide bonds. The summed E-state index contributed by atoms with van der Waals surface area (Å²) in [6, 6.07) is 6.50. The van der Waals surface area contributed by atoms with E-state index in [0.717, 1.165) is 37.4 Å². The molecule has 120 valence electrons. The van der Waals surface area contributed by atoms with Crippen molar-refractivity contribution in [2.75, 3.05) is 0 Å². The third-order valence-corrected chi connectivity index (χ3v) is 6.05. The lowest BCUT2D eigenvalue weighted by molar-refractivity contribution is 0.0950. The molecule has 0 fully saturated rings. The normalized spacial score (nSPS) is 19.3. The average molecular weight is 326 g/mol. The van der Waals surface area contributed by atoms with Gasteiger partial charge in [0.2, 0.25) is 0 Å². The molecule has 1 aliphatic carbocycles. The molecule has 1 aliphatic heterocycles. The van der Waals surface area contributed by atoms with Gasteiger partial charge < -0.3 is 10.6 Å². The zero-order chi connectivity index (χ0) is 15.8. The number of thiophene rings is 1. The fourth-order valence-corrected chi connectivity index (χ4v) is 4.85. The standard InChI is InChI=1S/C19H22N2OS/c1-12-2-5-16-17(11-23-18(16)6-12)19(22)21-8-13-3-4-14-9-20-10-15(14)7-13/h3-4,7,11-12,20H,2,5-6,8-10H2,1H3,(H,21,22). The molecule has 4 heteroatoms. The maximum atomic E-state index is 12.5. The summed E-state index contributed by atoms with van der Waals surface area (Å²) in [5.41, 5.74) is 6.11. The topological polar surface area (TPSA) is 41.1 Å². The summed E-state index contributed by atoms with van der Waals surface area (Å²) in [7, 11) is 0. The van der Waals surface area contributed by atoms with Gasteiger partial charge in [-0.25, -0.2) is 0 Å². The van der Waals surface area contributed by atoms with Crippen LogP contribution in [0.4, 0.5) is 0 Å². The molecule has 0 saturated carbocycles. The van der Waals surface area contributed by atoms with Crippen molar-refractivity contribution in [2.24, 2.45) is 5.92 Å². The Morgan fingerprint density at radius 1 is 1.35 bits per heavy atom. The van der Waals surface area contributed by atoms with Crippen LogP contribution in [-0.4, -0.2) is 5.91 Å². The third kappa shape index (κ3) is 2.93. The van der Waals surface area contributed by atoms with Crippen molar-refractivity contribution in [1.82, 2.24) is 10.6 Å². The Balaban J connectivity index is 1.44. The van der Waals surface area contributed by atoms with Crippen molar-refractivity contribution in [3.8, 4) is 0 Å². The molecule has 0 saturated heterocycles. The molecule has 2 heterocycles. The van der Waals surface area contributed by atoms with Gasteiger partial charge in [-0.05, 0) is 47.4 Å². The van der Waals surface area contributed by atoms with Gasteiger partial charge in [0.25, 0.3) is 5.91 Å². The van der Waals surface area contributed by atoms with Gasteiger partial charge in [0, 0.05) is 29.9 Å². The number of hydrogen-bond acceptors (Lipinski definition) is 3. The lowest BCUT2D eigenvalue weighted by Crippen LogP contribution is -2.24. The lowest BCUT2D eigenvalue weighted by Gasteiger charge is -2.18. The number of rotatable bonds is 3. The minimum atomic E-state index is 0.0793. The first kappa shape index (κ1) is 14.9. The molecule has 2 aliphatic rings. The van der Waals surface area contributed by atoms with Crippen molar-refractivity contribution in [2.45, 2.75) is 45.8 Å². The smallest absolute Gasteiger partial charge is 0.252 e. The summed E-state index contributed by atoms with van der Waals surface area (Å²) in [6.07, 6.45) is 3.38. The van der Waals surface area contributed by atoms with E-state index < -0.39 is 0 Å². The van der Waals surface area contributed by atoms with Crippen LogP contribution in [0.15, 0.2) is 23.6 Å². The van der Waals surface area contributed by atoms with Crippen LogP contribution in [0.2, 0.25) is 0 Å². The van der Waals surface area contributed by atoms with Gasteiger partial charge in [0.05, 0.1) is 5.56 Å². The molecular weight excluding hydrogens is 304 g/mol. The lowest BCUT2D eigenvalue weighted by atomic mass is 9.88. The molecule has 4 rings (SSSR count). The van der Waals surface area contributed by atoms with Crippen molar-refractivity contribution < 1.29 is 4.79 Å². The Morgan fingerprint density at radius 3 is 3.13 bits per heavy atom. The molecule has 1 unspecified atom stereocenters. The highest BCUT2D eigenvalue weighted by Crippen LogP contribution is 2.32. The van der Waals surface area contributed by atoms with E-state index >= 15 is 0 Å². The zero-order valence-electron chi connectivity index (χ0n) is 13.4. The van der Waals surface area contributed by atoms with Gasteiger partial charge in [-0.3, -0.25) is 4.79 Å².